The van der Waals surface area contributed by atoms with Crippen LogP contribution in [0.4, 0.5) is 5.69 Å². The van der Waals surface area contributed by atoms with E-state index in [2.05, 4.69) is 9.97 Å². The first-order chi connectivity index (χ1) is 7.34. The van der Waals surface area contributed by atoms with Gasteiger partial charge in [-0.2, -0.15) is 0 Å². The number of hydrogen-bond acceptors (Lipinski definition) is 4. The van der Waals surface area contributed by atoms with E-state index in [-0.39, 0.29) is 0 Å². The molecule has 2 N–H and O–H groups in total. The quantitative estimate of drug-likeness (QED) is 0.677. The van der Waals surface area contributed by atoms with Gasteiger partial charge in [0, 0.05) is 17.8 Å². The zero-order valence-electron chi connectivity index (χ0n) is 7.79. The molecule has 0 unspecified atom stereocenters. The number of thiazole rings is 1. The molecule has 0 radical (unpaired) electrons. The summed E-state index contributed by atoms with van der Waals surface area (Å²) in [5.74, 6) is 0. The molecule has 74 valence electrons. The Labute approximate surface area is 90.0 Å². The Morgan fingerprint density at radius 3 is 3.00 bits per heavy atom. The van der Waals surface area contributed by atoms with Crippen LogP contribution in [0.15, 0.2) is 35.4 Å². The van der Waals surface area contributed by atoms with Crippen molar-refractivity contribution in [1.82, 2.24) is 14.4 Å². The summed E-state index contributed by atoms with van der Waals surface area (Å²) in [6, 6.07) is 3.74. The van der Waals surface area contributed by atoms with Crippen LogP contribution in [-0.4, -0.2) is 14.4 Å². The van der Waals surface area contributed by atoms with Gasteiger partial charge in [-0.25, -0.2) is 9.97 Å². The molecule has 15 heavy (non-hydrogen) atoms. The third kappa shape index (κ3) is 1.28. The van der Waals surface area contributed by atoms with Gasteiger partial charge in [0.15, 0.2) is 5.65 Å². The molecular formula is C10H8N4S. The maximum atomic E-state index is 5.82. The van der Waals surface area contributed by atoms with Crippen LogP contribution < -0.4 is 5.73 Å². The van der Waals surface area contributed by atoms with Crippen LogP contribution in [0.1, 0.15) is 0 Å². The number of fused-ring (bicyclic) bond motifs is 1. The Morgan fingerprint density at radius 1 is 1.33 bits per heavy atom. The summed E-state index contributed by atoms with van der Waals surface area (Å²) >= 11 is 1.56. The van der Waals surface area contributed by atoms with E-state index in [9.17, 15) is 0 Å². The second-order valence-corrected chi connectivity index (χ2v) is 3.91. The first-order valence-corrected chi connectivity index (χ1v) is 5.40. The van der Waals surface area contributed by atoms with E-state index in [1.807, 2.05) is 34.3 Å². The van der Waals surface area contributed by atoms with E-state index in [1.165, 1.54) is 0 Å². The number of hydrogen-bond donors (Lipinski definition) is 1. The molecule has 3 rings (SSSR count). The number of anilines is 1. The van der Waals surface area contributed by atoms with E-state index >= 15 is 0 Å². The van der Waals surface area contributed by atoms with E-state index < -0.39 is 0 Å². The summed E-state index contributed by atoms with van der Waals surface area (Å²) in [6.45, 7) is 0. The zero-order chi connectivity index (χ0) is 10.3. The first-order valence-electron chi connectivity index (χ1n) is 4.46. The lowest BCUT2D eigenvalue weighted by molar-refractivity contribution is 1.19. The molecule has 0 bridgehead atoms. The molecule has 3 aromatic rings. The Kier molecular flexibility index (Phi) is 1.72. The number of rotatable bonds is 1. The van der Waals surface area contributed by atoms with Crippen molar-refractivity contribution < 1.29 is 0 Å². The molecule has 0 amide bonds. The zero-order valence-corrected chi connectivity index (χ0v) is 8.61. The lowest BCUT2D eigenvalue weighted by Crippen LogP contribution is -1.90. The number of aromatic nitrogens is 3. The standard InChI is InChI=1S/C10H8N4S/c11-7-2-1-3-14-4-8(13-10(7)14)9-5-15-6-12-9/h1-6H,11H2. The fourth-order valence-corrected chi connectivity index (χ4v) is 2.04. The largest absolute Gasteiger partial charge is 0.396 e. The predicted octanol–water partition coefficient (Wildman–Crippen LogP) is 2.04. The van der Waals surface area contributed by atoms with Gasteiger partial charge in [0.1, 0.15) is 11.4 Å². The van der Waals surface area contributed by atoms with Gasteiger partial charge in [-0.1, -0.05) is 0 Å². The fourth-order valence-electron chi connectivity index (χ4n) is 1.50. The molecular weight excluding hydrogens is 208 g/mol. The number of pyridine rings is 1. The fraction of sp³-hybridized carbons (Fsp3) is 0. The number of nitrogens with two attached hydrogens (primary N) is 1. The third-order valence-electron chi connectivity index (χ3n) is 2.21. The highest BCUT2D eigenvalue weighted by atomic mass is 32.1. The molecule has 3 aromatic heterocycles. The Hall–Kier alpha value is -1.88. The predicted molar refractivity (Wildman–Crippen MR) is 60.7 cm³/mol. The van der Waals surface area contributed by atoms with Crippen LogP contribution in [-0.2, 0) is 0 Å². The van der Waals surface area contributed by atoms with Gasteiger partial charge in [-0.3, -0.25) is 0 Å². The average molecular weight is 216 g/mol. The van der Waals surface area contributed by atoms with Crippen molar-refractivity contribution in [2.24, 2.45) is 0 Å². The lowest BCUT2D eigenvalue weighted by atomic mass is 10.4. The van der Waals surface area contributed by atoms with Crippen molar-refractivity contribution in [3.63, 3.8) is 0 Å². The summed E-state index contributed by atoms with van der Waals surface area (Å²) in [6.07, 6.45) is 3.86. The highest BCUT2D eigenvalue weighted by molar-refractivity contribution is 7.07. The number of nitrogen functional groups attached to an aromatic ring is 1. The molecule has 0 spiro atoms. The van der Waals surface area contributed by atoms with Crippen molar-refractivity contribution in [2.75, 3.05) is 5.73 Å². The summed E-state index contributed by atoms with van der Waals surface area (Å²) in [7, 11) is 0. The molecule has 0 fully saturated rings. The highest BCUT2D eigenvalue weighted by Gasteiger charge is 2.07. The first kappa shape index (κ1) is 8.43. The maximum Gasteiger partial charge on any atom is 0.160 e. The van der Waals surface area contributed by atoms with Crippen LogP contribution in [0.25, 0.3) is 17.0 Å². The van der Waals surface area contributed by atoms with Crippen molar-refractivity contribution >= 4 is 22.7 Å². The van der Waals surface area contributed by atoms with Gasteiger partial charge in [0.05, 0.1) is 11.2 Å². The monoisotopic (exact) mass is 216 g/mol. The van der Waals surface area contributed by atoms with Gasteiger partial charge in [-0.05, 0) is 12.1 Å². The maximum absolute atomic E-state index is 5.82. The molecule has 5 heteroatoms. The second kappa shape index (κ2) is 3.06. The summed E-state index contributed by atoms with van der Waals surface area (Å²) < 4.78 is 1.91. The molecule has 0 aromatic carbocycles. The van der Waals surface area contributed by atoms with Crippen molar-refractivity contribution in [3.8, 4) is 11.4 Å². The van der Waals surface area contributed by atoms with E-state index in [0.29, 0.717) is 5.69 Å². The minimum atomic E-state index is 0.680. The molecule has 0 saturated heterocycles. The van der Waals surface area contributed by atoms with Crippen LogP contribution in [0.3, 0.4) is 0 Å². The van der Waals surface area contributed by atoms with Crippen molar-refractivity contribution in [1.29, 1.82) is 0 Å². The van der Waals surface area contributed by atoms with Crippen LogP contribution >= 0.6 is 11.3 Å². The summed E-state index contributed by atoms with van der Waals surface area (Å²) in [5.41, 5.74) is 10.8. The highest BCUT2D eigenvalue weighted by Crippen LogP contribution is 2.21. The van der Waals surface area contributed by atoms with Gasteiger partial charge in [0.25, 0.3) is 0 Å². The second-order valence-electron chi connectivity index (χ2n) is 3.19. The topological polar surface area (TPSA) is 56.2 Å². The number of imidazole rings is 1. The van der Waals surface area contributed by atoms with Crippen LogP contribution in [0.2, 0.25) is 0 Å². The smallest absolute Gasteiger partial charge is 0.160 e. The molecule has 3 heterocycles. The lowest BCUT2D eigenvalue weighted by Gasteiger charge is -1.94. The van der Waals surface area contributed by atoms with E-state index in [0.717, 1.165) is 17.0 Å². The van der Waals surface area contributed by atoms with Crippen molar-refractivity contribution in [3.05, 3.63) is 35.4 Å². The summed E-state index contributed by atoms with van der Waals surface area (Å²) in [5, 5.41) is 1.97. The van der Waals surface area contributed by atoms with E-state index in [1.54, 1.807) is 16.8 Å². The molecule has 0 aliphatic carbocycles. The van der Waals surface area contributed by atoms with E-state index in [4.69, 9.17) is 5.73 Å². The third-order valence-corrected chi connectivity index (χ3v) is 2.79. The Bertz CT molecular complexity index is 597. The Morgan fingerprint density at radius 2 is 2.27 bits per heavy atom. The number of nitrogens with zero attached hydrogens (tertiary/aromatic N) is 3. The normalized spacial score (nSPS) is 10.9. The molecule has 0 atom stereocenters. The van der Waals surface area contributed by atoms with Gasteiger partial charge >= 0.3 is 0 Å². The van der Waals surface area contributed by atoms with Gasteiger partial charge in [0.2, 0.25) is 0 Å². The van der Waals surface area contributed by atoms with Crippen molar-refractivity contribution in [2.45, 2.75) is 0 Å². The Balaban J connectivity index is 2.27. The molecule has 0 aliphatic rings. The van der Waals surface area contributed by atoms with Crippen LogP contribution in [0.5, 0.6) is 0 Å². The molecule has 0 saturated carbocycles. The SMILES string of the molecule is Nc1cccn2cc(-c3cscn3)nc12. The minimum Gasteiger partial charge on any atom is -0.396 e. The molecule has 0 aliphatic heterocycles. The van der Waals surface area contributed by atoms with Gasteiger partial charge in [-0.15, -0.1) is 11.3 Å². The minimum absolute atomic E-state index is 0.680. The summed E-state index contributed by atoms with van der Waals surface area (Å²) in [4.78, 5) is 8.65. The van der Waals surface area contributed by atoms with Crippen LogP contribution in [0, 0.1) is 0 Å². The van der Waals surface area contributed by atoms with Gasteiger partial charge < -0.3 is 10.1 Å². The average Bonchev–Trinajstić information content (AvgIpc) is 2.86. The molecule has 4 nitrogen and oxygen atoms in total.